The highest BCUT2D eigenvalue weighted by atomic mass is 19.3. The number of ketones is 1. The summed E-state index contributed by atoms with van der Waals surface area (Å²) in [5.41, 5.74) is -0.971. The van der Waals surface area contributed by atoms with Gasteiger partial charge in [0, 0.05) is 6.07 Å². The second kappa shape index (κ2) is 6.05. The number of methoxy groups -OCH3 is 1. The molecule has 3 nitrogen and oxygen atoms in total. The molecule has 0 heterocycles. The Bertz CT molecular complexity index is 701. The van der Waals surface area contributed by atoms with E-state index in [9.17, 15) is 22.4 Å². The Morgan fingerprint density at radius 1 is 1.05 bits per heavy atom. The van der Waals surface area contributed by atoms with Crippen LogP contribution in [0, 0.1) is 11.6 Å². The average molecular weight is 314 g/mol. The Labute approximate surface area is 123 Å². The maximum atomic E-state index is 13.9. The number of ether oxygens (including phenoxy) is 2. The van der Waals surface area contributed by atoms with Crippen LogP contribution in [-0.4, -0.2) is 19.0 Å². The summed E-state index contributed by atoms with van der Waals surface area (Å²) in [6.45, 7) is 0. The molecule has 2 aromatic rings. The van der Waals surface area contributed by atoms with Crippen molar-refractivity contribution >= 4 is 5.78 Å². The van der Waals surface area contributed by atoms with Gasteiger partial charge in [-0.3, -0.25) is 4.79 Å². The number of carbonyl (C=O) groups is 1. The molecule has 2 aromatic carbocycles. The van der Waals surface area contributed by atoms with E-state index < -0.39 is 29.1 Å². The Kier molecular flexibility index (Phi) is 4.35. The standard InChI is InChI=1S/C15H10F4O3/c1-21-12-4-2-3-5-13(12)22-15(18,19)14(20)10-7-6-9(16)8-11(10)17/h2-8H,1H3. The highest BCUT2D eigenvalue weighted by Crippen LogP contribution is 2.32. The number of alkyl halides is 2. The van der Waals surface area contributed by atoms with E-state index in [1.165, 1.54) is 31.4 Å². The first kappa shape index (κ1) is 15.8. The molecule has 0 aliphatic heterocycles. The van der Waals surface area contributed by atoms with Gasteiger partial charge in [-0.15, -0.1) is 0 Å². The Hall–Kier alpha value is -2.57. The lowest BCUT2D eigenvalue weighted by Gasteiger charge is -2.18. The van der Waals surface area contributed by atoms with Gasteiger partial charge in [-0.25, -0.2) is 8.78 Å². The predicted molar refractivity (Wildman–Crippen MR) is 69.3 cm³/mol. The van der Waals surface area contributed by atoms with Crippen LogP contribution < -0.4 is 9.47 Å². The minimum Gasteiger partial charge on any atom is -0.493 e. The van der Waals surface area contributed by atoms with Gasteiger partial charge >= 0.3 is 6.11 Å². The molecule has 0 aromatic heterocycles. The van der Waals surface area contributed by atoms with E-state index in [2.05, 4.69) is 4.74 Å². The molecule has 7 heteroatoms. The largest absolute Gasteiger partial charge is 0.493 e. The second-order valence-electron chi connectivity index (χ2n) is 4.22. The molecule has 0 aliphatic carbocycles. The van der Waals surface area contributed by atoms with Gasteiger partial charge in [0.05, 0.1) is 12.7 Å². The van der Waals surface area contributed by atoms with Crippen molar-refractivity contribution in [2.75, 3.05) is 7.11 Å². The summed E-state index contributed by atoms with van der Waals surface area (Å²) in [6.07, 6.45) is -4.34. The van der Waals surface area contributed by atoms with Crippen molar-refractivity contribution in [2.24, 2.45) is 0 Å². The third-order valence-electron chi connectivity index (χ3n) is 2.75. The highest BCUT2D eigenvalue weighted by molar-refractivity contribution is 6.00. The summed E-state index contributed by atoms with van der Waals surface area (Å²) in [5.74, 6) is -4.70. The third kappa shape index (κ3) is 3.19. The number of Topliss-reactive ketones (excluding diaryl/α,β-unsaturated/α-hetero) is 1. The molecule has 0 aliphatic rings. The molecule has 0 N–H and O–H groups in total. The van der Waals surface area contributed by atoms with Gasteiger partial charge in [-0.2, -0.15) is 8.78 Å². The fourth-order valence-electron chi connectivity index (χ4n) is 1.72. The van der Waals surface area contributed by atoms with Gasteiger partial charge in [-0.05, 0) is 24.3 Å². The number of benzene rings is 2. The maximum Gasteiger partial charge on any atom is 0.466 e. The van der Waals surface area contributed by atoms with E-state index in [1.807, 2.05) is 0 Å². The minimum atomic E-state index is -4.34. The predicted octanol–water partition coefficient (Wildman–Crippen LogP) is 3.83. The van der Waals surface area contributed by atoms with Crippen molar-refractivity contribution in [3.05, 3.63) is 59.7 Å². The molecular weight excluding hydrogens is 304 g/mol. The number of carbonyl (C=O) groups excluding carboxylic acids is 1. The summed E-state index contributed by atoms with van der Waals surface area (Å²) in [4.78, 5) is 11.7. The highest BCUT2D eigenvalue weighted by Gasteiger charge is 2.44. The van der Waals surface area contributed by atoms with Gasteiger partial charge in [0.1, 0.15) is 11.6 Å². The molecule has 22 heavy (non-hydrogen) atoms. The number of rotatable bonds is 5. The number of hydrogen-bond acceptors (Lipinski definition) is 3. The van der Waals surface area contributed by atoms with Crippen LogP contribution in [0.5, 0.6) is 11.5 Å². The summed E-state index contributed by atoms with van der Waals surface area (Å²) in [6, 6.07) is 7.12. The first-order chi connectivity index (χ1) is 10.3. The molecule has 0 unspecified atom stereocenters. The van der Waals surface area contributed by atoms with Crippen LogP contribution in [0.4, 0.5) is 17.6 Å². The Morgan fingerprint density at radius 3 is 2.27 bits per heavy atom. The summed E-state index contributed by atoms with van der Waals surface area (Å²) >= 11 is 0. The molecule has 0 saturated heterocycles. The van der Waals surface area contributed by atoms with Crippen LogP contribution in [0.15, 0.2) is 42.5 Å². The van der Waals surface area contributed by atoms with E-state index in [1.54, 1.807) is 0 Å². The second-order valence-corrected chi connectivity index (χ2v) is 4.22. The smallest absolute Gasteiger partial charge is 0.466 e. The molecule has 116 valence electrons. The summed E-state index contributed by atoms with van der Waals surface area (Å²) in [7, 11) is 1.24. The fraction of sp³-hybridized carbons (Fsp3) is 0.133. The average Bonchev–Trinajstić information content (AvgIpc) is 2.47. The zero-order chi connectivity index (χ0) is 16.3. The van der Waals surface area contributed by atoms with Gasteiger partial charge in [0.2, 0.25) is 0 Å². The molecular formula is C15H10F4O3. The quantitative estimate of drug-likeness (QED) is 0.621. The van der Waals surface area contributed by atoms with E-state index in [0.29, 0.717) is 18.2 Å². The van der Waals surface area contributed by atoms with Crippen molar-refractivity contribution in [1.82, 2.24) is 0 Å². The van der Waals surface area contributed by atoms with E-state index in [4.69, 9.17) is 4.74 Å². The lowest BCUT2D eigenvalue weighted by atomic mass is 10.1. The van der Waals surface area contributed by atoms with Gasteiger partial charge in [-0.1, -0.05) is 12.1 Å². The van der Waals surface area contributed by atoms with Gasteiger partial charge in [0.25, 0.3) is 5.78 Å². The topological polar surface area (TPSA) is 35.5 Å². The molecule has 0 radical (unpaired) electrons. The minimum absolute atomic E-state index is 0.0189. The lowest BCUT2D eigenvalue weighted by Crippen LogP contribution is -2.36. The SMILES string of the molecule is COc1ccccc1OC(F)(F)C(=O)c1ccc(F)cc1F. The normalized spacial score (nSPS) is 11.1. The molecule has 0 atom stereocenters. The third-order valence-corrected chi connectivity index (χ3v) is 2.75. The van der Waals surface area contributed by atoms with E-state index in [-0.39, 0.29) is 11.5 Å². The van der Waals surface area contributed by atoms with Crippen molar-refractivity contribution < 1.29 is 31.8 Å². The monoisotopic (exact) mass is 314 g/mol. The molecule has 0 spiro atoms. The van der Waals surface area contributed by atoms with Gasteiger partial charge in [0.15, 0.2) is 11.5 Å². The van der Waals surface area contributed by atoms with Crippen molar-refractivity contribution in [1.29, 1.82) is 0 Å². The number of para-hydroxylation sites is 2. The van der Waals surface area contributed by atoms with E-state index >= 15 is 0 Å². The molecule has 0 fully saturated rings. The van der Waals surface area contributed by atoms with Crippen molar-refractivity contribution in [2.45, 2.75) is 6.11 Å². The van der Waals surface area contributed by atoms with Crippen LogP contribution in [0.25, 0.3) is 0 Å². The number of hydrogen-bond donors (Lipinski definition) is 0. The van der Waals surface area contributed by atoms with E-state index in [0.717, 1.165) is 0 Å². The van der Waals surface area contributed by atoms with Crippen LogP contribution in [-0.2, 0) is 0 Å². The first-order valence-corrected chi connectivity index (χ1v) is 6.05. The maximum absolute atomic E-state index is 13.9. The number of halogens is 4. The molecule has 0 bridgehead atoms. The zero-order valence-corrected chi connectivity index (χ0v) is 11.3. The molecule has 0 amide bonds. The van der Waals surface area contributed by atoms with Gasteiger partial charge < -0.3 is 9.47 Å². The first-order valence-electron chi connectivity index (χ1n) is 6.05. The summed E-state index contributed by atoms with van der Waals surface area (Å²) < 4.78 is 63.2. The molecule has 0 saturated carbocycles. The van der Waals surface area contributed by atoms with Crippen molar-refractivity contribution in [3.63, 3.8) is 0 Å². The fourth-order valence-corrected chi connectivity index (χ4v) is 1.72. The lowest BCUT2D eigenvalue weighted by molar-refractivity contribution is -0.134. The zero-order valence-electron chi connectivity index (χ0n) is 11.3. The Balaban J connectivity index is 2.31. The Morgan fingerprint density at radius 2 is 1.68 bits per heavy atom. The van der Waals surface area contributed by atoms with Crippen LogP contribution in [0.1, 0.15) is 10.4 Å². The van der Waals surface area contributed by atoms with Crippen LogP contribution in [0.3, 0.4) is 0 Å². The van der Waals surface area contributed by atoms with Crippen LogP contribution in [0.2, 0.25) is 0 Å². The molecule has 2 rings (SSSR count). The van der Waals surface area contributed by atoms with Crippen LogP contribution >= 0.6 is 0 Å². The summed E-state index contributed by atoms with van der Waals surface area (Å²) in [5, 5.41) is 0. The van der Waals surface area contributed by atoms with Crippen molar-refractivity contribution in [3.8, 4) is 11.5 Å².